The highest BCUT2D eigenvalue weighted by molar-refractivity contribution is 9.10. The lowest BCUT2D eigenvalue weighted by Crippen LogP contribution is -2.46. The Balaban J connectivity index is 1.58. The van der Waals surface area contributed by atoms with Gasteiger partial charge in [0.2, 0.25) is 0 Å². The van der Waals surface area contributed by atoms with Gasteiger partial charge in [-0.2, -0.15) is 0 Å². The zero-order valence-electron chi connectivity index (χ0n) is 13.4. The molecule has 122 valence electrons. The summed E-state index contributed by atoms with van der Waals surface area (Å²) in [5, 5.41) is 0. The number of halogens is 1. The Morgan fingerprint density at radius 3 is 2.30 bits per heavy atom. The second-order valence-electron chi connectivity index (χ2n) is 6.07. The first-order chi connectivity index (χ1) is 11.3. The van der Waals surface area contributed by atoms with E-state index in [2.05, 4.69) is 74.3 Å². The van der Waals surface area contributed by atoms with Crippen LogP contribution in [0.4, 0.5) is 5.69 Å². The number of rotatable bonds is 5. The van der Waals surface area contributed by atoms with Gasteiger partial charge in [-0.05, 0) is 52.2 Å². The molecule has 0 aliphatic carbocycles. The first-order valence-corrected chi connectivity index (χ1v) is 9.05. The molecule has 0 amide bonds. The number of anilines is 1. The minimum atomic E-state index is 0.698. The number of nitrogens with two attached hydrogens (primary N) is 1. The highest BCUT2D eigenvalue weighted by Crippen LogP contribution is 2.28. The standard InChI is InChI=1S/C19H24BrN3/c20-18-14-16(8-9-21)6-7-19(18)23-12-10-22(11-13-23)15-17-4-2-1-3-5-17/h1-7,14H,8-13,15,21H2. The molecule has 0 radical (unpaired) electrons. The van der Waals surface area contributed by atoms with Crippen molar-refractivity contribution in [2.75, 3.05) is 37.6 Å². The molecule has 1 saturated heterocycles. The summed E-state index contributed by atoms with van der Waals surface area (Å²) in [5.41, 5.74) is 9.63. The molecule has 0 saturated carbocycles. The number of benzene rings is 2. The van der Waals surface area contributed by atoms with E-state index in [0.29, 0.717) is 6.54 Å². The maximum absolute atomic E-state index is 5.64. The molecule has 2 aromatic rings. The SMILES string of the molecule is NCCc1ccc(N2CCN(Cc3ccccc3)CC2)c(Br)c1. The lowest BCUT2D eigenvalue weighted by molar-refractivity contribution is 0.250. The van der Waals surface area contributed by atoms with E-state index >= 15 is 0 Å². The molecule has 2 N–H and O–H groups in total. The molecular weight excluding hydrogens is 350 g/mol. The molecule has 1 aliphatic heterocycles. The van der Waals surface area contributed by atoms with Crippen LogP contribution in [0.3, 0.4) is 0 Å². The predicted octanol–water partition coefficient (Wildman–Crippen LogP) is 3.27. The number of hydrogen-bond acceptors (Lipinski definition) is 3. The summed E-state index contributed by atoms with van der Waals surface area (Å²) in [4.78, 5) is 5.00. The highest BCUT2D eigenvalue weighted by atomic mass is 79.9. The predicted molar refractivity (Wildman–Crippen MR) is 101 cm³/mol. The number of piperazine rings is 1. The third-order valence-corrected chi connectivity index (χ3v) is 5.04. The second kappa shape index (κ2) is 7.95. The third kappa shape index (κ3) is 4.34. The van der Waals surface area contributed by atoms with Crippen molar-refractivity contribution in [1.29, 1.82) is 0 Å². The number of nitrogens with zero attached hydrogens (tertiary/aromatic N) is 2. The quantitative estimate of drug-likeness (QED) is 0.872. The Bertz CT molecular complexity index is 622. The summed E-state index contributed by atoms with van der Waals surface area (Å²) in [6.45, 7) is 6.09. The molecular formula is C19H24BrN3. The van der Waals surface area contributed by atoms with Crippen LogP contribution >= 0.6 is 15.9 Å². The normalized spacial score (nSPS) is 15.8. The van der Waals surface area contributed by atoms with E-state index < -0.39 is 0 Å². The van der Waals surface area contributed by atoms with E-state index in [4.69, 9.17) is 5.73 Å². The van der Waals surface area contributed by atoms with Gasteiger partial charge < -0.3 is 10.6 Å². The molecule has 2 aromatic carbocycles. The molecule has 4 heteroatoms. The fourth-order valence-corrected chi connectivity index (χ4v) is 3.79. The highest BCUT2D eigenvalue weighted by Gasteiger charge is 2.18. The van der Waals surface area contributed by atoms with Crippen LogP contribution in [0.5, 0.6) is 0 Å². The number of hydrogen-bond donors (Lipinski definition) is 1. The maximum atomic E-state index is 5.64. The van der Waals surface area contributed by atoms with E-state index in [1.165, 1.54) is 21.3 Å². The van der Waals surface area contributed by atoms with E-state index in [-0.39, 0.29) is 0 Å². The Hall–Kier alpha value is -1.36. The largest absolute Gasteiger partial charge is 0.368 e. The summed E-state index contributed by atoms with van der Waals surface area (Å²) in [6.07, 6.45) is 0.934. The Kier molecular flexibility index (Phi) is 5.70. The van der Waals surface area contributed by atoms with Gasteiger partial charge in [0.05, 0.1) is 5.69 Å². The Labute approximate surface area is 147 Å². The molecule has 1 fully saturated rings. The summed E-state index contributed by atoms with van der Waals surface area (Å²) >= 11 is 3.73. The van der Waals surface area contributed by atoms with Crippen molar-refractivity contribution in [2.45, 2.75) is 13.0 Å². The summed E-state index contributed by atoms with van der Waals surface area (Å²) < 4.78 is 1.18. The van der Waals surface area contributed by atoms with Crippen LogP contribution in [-0.2, 0) is 13.0 Å². The van der Waals surface area contributed by atoms with Crippen LogP contribution in [0.2, 0.25) is 0 Å². The molecule has 0 spiro atoms. The fraction of sp³-hybridized carbons (Fsp3) is 0.368. The van der Waals surface area contributed by atoms with Crippen molar-refractivity contribution in [3.05, 3.63) is 64.1 Å². The monoisotopic (exact) mass is 373 g/mol. The van der Waals surface area contributed by atoms with Crippen molar-refractivity contribution in [3.63, 3.8) is 0 Å². The van der Waals surface area contributed by atoms with Crippen LogP contribution in [0.25, 0.3) is 0 Å². The fourth-order valence-electron chi connectivity index (χ4n) is 3.12. The van der Waals surface area contributed by atoms with Gasteiger partial charge in [-0.3, -0.25) is 4.90 Å². The topological polar surface area (TPSA) is 32.5 Å². The first-order valence-electron chi connectivity index (χ1n) is 8.26. The average molecular weight is 374 g/mol. The van der Waals surface area contributed by atoms with Crippen molar-refractivity contribution in [2.24, 2.45) is 5.73 Å². The minimum absolute atomic E-state index is 0.698. The summed E-state index contributed by atoms with van der Waals surface area (Å²) in [6, 6.07) is 17.4. The summed E-state index contributed by atoms with van der Waals surface area (Å²) in [5.74, 6) is 0. The third-order valence-electron chi connectivity index (χ3n) is 4.41. The smallest absolute Gasteiger partial charge is 0.0511 e. The van der Waals surface area contributed by atoms with Gasteiger partial charge in [-0.1, -0.05) is 36.4 Å². The molecule has 0 atom stereocenters. The van der Waals surface area contributed by atoms with Gasteiger partial charge in [0, 0.05) is 37.2 Å². The first kappa shape index (κ1) is 16.5. The van der Waals surface area contributed by atoms with Crippen LogP contribution < -0.4 is 10.6 Å². The lowest BCUT2D eigenvalue weighted by Gasteiger charge is -2.36. The van der Waals surface area contributed by atoms with E-state index in [1.54, 1.807) is 0 Å². The second-order valence-corrected chi connectivity index (χ2v) is 6.93. The molecule has 23 heavy (non-hydrogen) atoms. The molecule has 3 nitrogen and oxygen atoms in total. The molecule has 0 unspecified atom stereocenters. The van der Waals surface area contributed by atoms with Crippen LogP contribution in [0.15, 0.2) is 53.0 Å². The van der Waals surface area contributed by atoms with Gasteiger partial charge in [0.15, 0.2) is 0 Å². The van der Waals surface area contributed by atoms with Crippen molar-refractivity contribution < 1.29 is 0 Å². The maximum Gasteiger partial charge on any atom is 0.0511 e. The molecule has 0 aromatic heterocycles. The zero-order chi connectivity index (χ0) is 16.1. The molecule has 3 rings (SSSR count). The minimum Gasteiger partial charge on any atom is -0.368 e. The van der Waals surface area contributed by atoms with Crippen molar-refractivity contribution >= 4 is 21.6 Å². The lowest BCUT2D eigenvalue weighted by atomic mass is 10.1. The van der Waals surface area contributed by atoms with Gasteiger partial charge in [-0.25, -0.2) is 0 Å². The average Bonchev–Trinajstić information content (AvgIpc) is 2.57. The summed E-state index contributed by atoms with van der Waals surface area (Å²) in [7, 11) is 0. The van der Waals surface area contributed by atoms with Crippen LogP contribution in [0.1, 0.15) is 11.1 Å². The van der Waals surface area contributed by atoms with Crippen LogP contribution in [0, 0.1) is 0 Å². The van der Waals surface area contributed by atoms with Gasteiger partial charge in [0.25, 0.3) is 0 Å². The van der Waals surface area contributed by atoms with E-state index in [9.17, 15) is 0 Å². The van der Waals surface area contributed by atoms with Crippen LogP contribution in [-0.4, -0.2) is 37.6 Å². The molecule has 1 aliphatic rings. The molecule has 0 bridgehead atoms. The van der Waals surface area contributed by atoms with E-state index in [0.717, 1.165) is 39.1 Å². The molecule has 1 heterocycles. The van der Waals surface area contributed by atoms with Gasteiger partial charge >= 0.3 is 0 Å². The van der Waals surface area contributed by atoms with Gasteiger partial charge in [0.1, 0.15) is 0 Å². The Morgan fingerprint density at radius 1 is 0.913 bits per heavy atom. The van der Waals surface area contributed by atoms with E-state index in [1.807, 2.05) is 0 Å². The van der Waals surface area contributed by atoms with Crippen molar-refractivity contribution in [1.82, 2.24) is 4.90 Å². The van der Waals surface area contributed by atoms with Crippen molar-refractivity contribution in [3.8, 4) is 0 Å². The zero-order valence-corrected chi connectivity index (χ0v) is 15.0. The Morgan fingerprint density at radius 2 is 1.65 bits per heavy atom. The van der Waals surface area contributed by atoms with Gasteiger partial charge in [-0.15, -0.1) is 0 Å².